The number of ether oxygens (including phenoxy) is 1. The van der Waals surface area contributed by atoms with E-state index in [2.05, 4.69) is 5.32 Å². The zero-order chi connectivity index (χ0) is 13.7. The van der Waals surface area contributed by atoms with E-state index in [1.165, 1.54) is 20.0 Å². The maximum Gasteiger partial charge on any atom is 0.349 e. The maximum atomic E-state index is 11.6. The van der Waals surface area contributed by atoms with Gasteiger partial charge in [-0.2, -0.15) is 0 Å². The second kappa shape index (κ2) is 6.36. The van der Waals surface area contributed by atoms with Gasteiger partial charge in [0.1, 0.15) is 4.88 Å². The third-order valence-electron chi connectivity index (χ3n) is 1.89. The Labute approximate surface area is 112 Å². The largest absolute Gasteiger partial charge is 0.448 e. The lowest BCUT2D eigenvalue weighted by Crippen LogP contribution is -2.43. The van der Waals surface area contributed by atoms with Gasteiger partial charge in [-0.15, -0.1) is 11.3 Å². The van der Waals surface area contributed by atoms with Crippen LogP contribution >= 0.6 is 22.9 Å². The lowest BCUT2D eigenvalue weighted by atomic mass is 10.3. The number of esters is 1. The normalized spacial score (nSPS) is 11.5. The van der Waals surface area contributed by atoms with Crippen LogP contribution in [0.1, 0.15) is 16.6 Å². The van der Waals surface area contributed by atoms with Crippen LogP contribution in [0.25, 0.3) is 0 Å². The molecular formula is C10H11ClN2O4S. The van der Waals surface area contributed by atoms with E-state index in [9.17, 15) is 14.4 Å². The third kappa shape index (κ3) is 4.01. The molecule has 8 heteroatoms. The SMILES string of the molecule is CNC(=O)NC(=O)C(C)OC(=O)c1ccc(Cl)s1. The van der Waals surface area contributed by atoms with E-state index in [-0.39, 0.29) is 0 Å². The van der Waals surface area contributed by atoms with Gasteiger partial charge in [-0.05, 0) is 19.1 Å². The highest BCUT2D eigenvalue weighted by Gasteiger charge is 2.21. The number of hydrogen-bond donors (Lipinski definition) is 2. The molecule has 0 aliphatic rings. The molecule has 0 bridgehead atoms. The Bertz CT molecular complexity index is 474. The molecule has 0 saturated carbocycles. The lowest BCUT2D eigenvalue weighted by Gasteiger charge is -2.11. The van der Waals surface area contributed by atoms with Gasteiger partial charge in [0.05, 0.1) is 4.34 Å². The van der Waals surface area contributed by atoms with Crippen molar-refractivity contribution in [1.29, 1.82) is 0 Å². The molecule has 1 atom stereocenters. The third-order valence-corrected chi connectivity index (χ3v) is 3.10. The summed E-state index contributed by atoms with van der Waals surface area (Å²) in [7, 11) is 1.37. The number of nitrogens with one attached hydrogen (secondary N) is 2. The molecule has 1 aromatic heterocycles. The summed E-state index contributed by atoms with van der Waals surface area (Å²) in [5, 5.41) is 4.21. The molecule has 1 aromatic rings. The molecule has 2 N–H and O–H groups in total. The van der Waals surface area contributed by atoms with E-state index < -0.39 is 24.0 Å². The van der Waals surface area contributed by atoms with Crippen molar-refractivity contribution >= 4 is 40.8 Å². The lowest BCUT2D eigenvalue weighted by molar-refractivity contribution is -0.127. The van der Waals surface area contributed by atoms with Crippen molar-refractivity contribution in [2.75, 3.05) is 7.05 Å². The number of carbonyl (C=O) groups excluding carboxylic acids is 3. The fourth-order valence-electron chi connectivity index (χ4n) is 0.972. The number of rotatable bonds is 3. The molecule has 0 aliphatic heterocycles. The highest BCUT2D eigenvalue weighted by Crippen LogP contribution is 2.22. The average Bonchev–Trinajstić information content (AvgIpc) is 2.75. The Balaban J connectivity index is 2.54. The number of hydrogen-bond acceptors (Lipinski definition) is 5. The van der Waals surface area contributed by atoms with Gasteiger partial charge >= 0.3 is 12.0 Å². The number of thiophene rings is 1. The van der Waals surface area contributed by atoms with Crippen LogP contribution in [0.2, 0.25) is 4.34 Å². The van der Waals surface area contributed by atoms with Crippen molar-refractivity contribution in [2.45, 2.75) is 13.0 Å². The van der Waals surface area contributed by atoms with Crippen molar-refractivity contribution in [2.24, 2.45) is 0 Å². The summed E-state index contributed by atoms with van der Waals surface area (Å²) in [5.41, 5.74) is 0. The number of imide groups is 1. The molecule has 0 aromatic carbocycles. The second-order valence-electron chi connectivity index (χ2n) is 3.22. The molecule has 18 heavy (non-hydrogen) atoms. The Morgan fingerprint density at radius 2 is 2.06 bits per heavy atom. The Hall–Kier alpha value is -1.60. The first-order chi connectivity index (χ1) is 8.43. The Morgan fingerprint density at radius 1 is 1.39 bits per heavy atom. The van der Waals surface area contributed by atoms with Crippen LogP contribution in [-0.4, -0.2) is 31.1 Å². The molecule has 1 heterocycles. The summed E-state index contributed by atoms with van der Waals surface area (Å²) in [6, 6.07) is 2.39. The fourth-order valence-corrected chi connectivity index (χ4v) is 1.90. The van der Waals surface area contributed by atoms with Crippen LogP contribution in [0.3, 0.4) is 0 Å². The zero-order valence-corrected chi connectivity index (χ0v) is 11.2. The molecule has 6 nitrogen and oxygen atoms in total. The van der Waals surface area contributed by atoms with Crippen molar-refractivity contribution < 1.29 is 19.1 Å². The van der Waals surface area contributed by atoms with Gasteiger partial charge in [-0.25, -0.2) is 9.59 Å². The van der Waals surface area contributed by atoms with Gasteiger partial charge in [0.15, 0.2) is 6.10 Å². The Kier molecular flexibility index (Phi) is 5.11. The van der Waals surface area contributed by atoms with Gasteiger partial charge in [-0.1, -0.05) is 11.6 Å². The molecule has 1 rings (SSSR count). The van der Waals surface area contributed by atoms with Crippen LogP contribution in [0.4, 0.5) is 4.79 Å². The highest BCUT2D eigenvalue weighted by molar-refractivity contribution is 7.17. The van der Waals surface area contributed by atoms with E-state index in [0.717, 1.165) is 11.3 Å². The first kappa shape index (κ1) is 14.5. The van der Waals surface area contributed by atoms with Crippen LogP contribution in [0.15, 0.2) is 12.1 Å². The number of urea groups is 1. The van der Waals surface area contributed by atoms with Gasteiger partial charge in [0, 0.05) is 7.05 Å². The van der Waals surface area contributed by atoms with E-state index in [1.807, 2.05) is 5.32 Å². The molecule has 0 spiro atoms. The first-order valence-electron chi connectivity index (χ1n) is 4.93. The maximum absolute atomic E-state index is 11.6. The second-order valence-corrected chi connectivity index (χ2v) is 4.93. The number of carbonyl (C=O) groups is 3. The van der Waals surface area contributed by atoms with Crippen LogP contribution in [-0.2, 0) is 9.53 Å². The van der Waals surface area contributed by atoms with Crippen molar-refractivity contribution in [3.05, 3.63) is 21.3 Å². The molecular weight excluding hydrogens is 280 g/mol. The van der Waals surface area contributed by atoms with E-state index in [4.69, 9.17) is 16.3 Å². The summed E-state index contributed by atoms with van der Waals surface area (Å²) in [4.78, 5) is 34.2. The summed E-state index contributed by atoms with van der Waals surface area (Å²) in [6.45, 7) is 1.37. The first-order valence-corrected chi connectivity index (χ1v) is 6.12. The molecule has 0 fully saturated rings. The molecule has 1 unspecified atom stereocenters. The average molecular weight is 291 g/mol. The van der Waals surface area contributed by atoms with E-state index >= 15 is 0 Å². The van der Waals surface area contributed by atoms with Gasteiger partial charge in [0.2, 0.25) is 0 Å². The van der Waals surface area contributed by atoms with Crippen LogP contribution in [0.5, 0.6) is 0 Å². The zero-order valence-electron chi connectivity index (χ0n) is 9.65. The predicted octanol–water partition coefficient (Wildman–Crippen LogP) is 1.40. The van der Waals surface area contributed by atoms with E-state index in [1.54, 1.807) is 6.07 Å². The number of amides is 3. The minimum absolute atomic E-state index is 0.291. The van der Waals surface area contributed by atoms with Gasteiger partial charge in [0.25, 0.3) is 5.91 Å². The van der Waals surface area contributed by atoms with Crippen molar-refractivity contribution in [1.82, 2.24) is 10.6 Å². The van der Waals surface area contributed by atoms with Gasteiger partial charge in [-0.3, -0.25) is 10.1 Å². The number of halogens is 1. The smallest absolute Gasteiger partial charge is 0.349 e. The molecule has 3 amide bonds. The monoisotopic (exact) mass is 290 g/mol. The predicted molar refractivity (Wildman–Crippen MR) is 66.8 cm³/mol. The van der Waals surface area contributed by atoms with E-state index in [0.29, 0.717) is 9.21 Å². The Morgan fingerprint density at radius 3 is 2.56 bits per heavy atom. The molecule has 0 radical (unpaired) electrons. The van der Waals surface area contributed by atoms with Gasteiger partial charge < -0.3 is 10.1 Å². The highest BCUT2D eigenvalue weighted by atomic mass is 35.5. The van der Waals surface area contributed by atoms with Crippen LogP contribution in [0, 0.1) is 0 Å². The minimum atomic E-state index is -1.07. The summed E-state index contributed by atoms with van der Waals surface area (Å²) in [6.07, 6.45) is -1.07. The summed E-state index contributed by atoms with van der Waals surface area (Å²) >= 11 is 6.72. The molecule has 98 valence electrons. The standard InChI is InChI=1S/C10H11ClN2O4S/c1-5(8(14)13-10(16)12-2)17-9(15)6-3-4-7(11)18-6/h3-5H,1-2H3,(H2,12,13,14,16). The van der Waals surface area contributed by atoms with Crippen molar-refractivity contribution in [3.63, 3.8) is 0 Å². The molecule has 0 aliphatic carbocycles. The minimum Gasteiger partial charge on any atom is -0.448 e. The fraction of sp³-hybridized carbons (Fsp3) is 0.300. The molecule has 0 saturated heterocycles. The van der Waals surface area contributed by atoms with Crippen LogP contribution < -0.4 is 10.6 Å². The summed E-state index contributed by atoms with van der Waals surface area (Å²) in [5.74, 6) is -1.36. The topological polar surface area (TPSA) is 84.5 Å². The summed E-state index contributed by atoms with van der Waals surface area (Å²) < 4.78 is 5.33. The quantitative estimate of drug-likeness (QED) is 0.824. The van der Waals surface area contributed by atoms with Crippen molar-refractivity contribution in [3.8, 4) is 0 Å².